The van der Waals surface area contributed by atoms with Crippen LogP contribution in [0.4, 0.5) is 11.4 Å². The number of nitrogens with zero attached hydrogens (tertiary/aromatic N) is 2. The van der Waals surface area contributed by atoms with Crippen molar-refractivity contribution >= 4 is 33.4 Å². The normalized spacial score (nSPS) is 16.0. The van der Waals surface area contributed by atoms with Crippen LogP contribution < -0.4 is 9.62 Å². The summed E-state index contributed by atoms with van der Waals surface area (Å²) < 4.78 is 25.4. The van der Waals surface area contributed by atoms with Gasteiger partial charge in [-0.25, -0.2) is 8.42 Å². The van der Waals surface area contributed by atoms with Crippen molar-refractivity contribution < 1.29 is 13.2 Å². The van der Waals surface area contributed by atoms with Gasteiger partial charge in [-0.2, -0.15) is 0 Å². The molecule has 0 unspecified atom stereocenters. The number of carbonyl (C=O) groups excluding carboxylic acids is 1. The third-order valence-electron chi connectivity index (χ3n) is 4.48. The second kappa shape index (κ2) is 7.52. The van der Waals surface area contributed by atoms with Gasteiger partial charge in [0.1, 0.15) is 0 Å². The molecule has 0 spiro atoms. The molecule has 27 heavy (non-hydrogen) atoms. The first-order chi connectivity index (χ1) is 12.8. The Morgan fingerprint density at radius 1 is 1.19 bits per heavy atom. The van der Waals surface area contributed by atoms with E-state index in [1.165, 1.54) is 10.4 Å². The van der Waals surface area contributed by atoms with Gasteiger partial charge in [0.2, 0.25) is 15.9 Å². The molecule has 1 saturated heterocycles. The largest absolute Gasteiger partial charge is 0.321 e. The molecule has 2 heterocycles. The van der Waals surface area contributed by atoms with E-state index >= 15 is 0 Å². The minimum absolute atomic E-state index is 0.196. The minimum atomic E-state index is -3.18. The zero-order valence-electron chi connectivity index (χ0n) is 15.7. The molecule has 1 amide bonds. The van der Waals surface area contributed by atoms with Gasteiger partial charge in [-0.15, -0.1) is 0 Å². The average molecular weight is 385 g/mol. The Labute approximate surface area is 160 Å². The van der Waals surface area contributed by atoms with E-state index in [9.17, 15) is 13.2 Å². The first kappa shape index (κ1) is 19.1. The van der Waals surface area contributed by atoms with E-state index in [4.69, 9.17) is 0 Å². The second-order valence-electron chi connectivity index (χ2n) is 6.70. The molecule has 1 aliphatic rings. The molecule has 2 aromatic rings. The number of carbonyl (C=O) groups is 1. The monoisotopic (exact) mass is 385 g/mol. The van der Waals surface area contributed by atoms with Crippen LogP contribution in [0.3, 0.4) is 0 Å². The number of amides is 1. The highest BCUT2D eigenvalue weighted by Gasteiger charge is 2.28. The lowest BCUT2D eigenvalue weighted by molar-refractivity contribution is -0.111. The smallest absolute Gasteiger partial charge is 0.248 e. The lowest BCUT2D eigenvalue weighted by atomic mass is 10.1. The van der Waals surface area contributed by atoms with Gasteiger partial charge in [-0.1, -0.05) is 12.1 Å². The maximum atomic E-state index is 12.2. The Hall–Kier alpha value is -2.67. The summed E-state index contributed by atoms with van der Waals surface area (Å²) in [5.74, 6) is -0.0420. The summed E-state index contributed by atoms with van der Waals surface area (Å²) in [6, 6.07) is 9.06. The minimum Gasteiger partial charge on any atom is -0.321 e. The molecule has 0 aliphatic carbocycles. The van der Waals surface area contributed by atoms with Gasteiger partial charge >= 0.3 is 0 Å². The molecule has 1 fully saturated rings. The van der Waals surface area contributed by atoms with E-state index in [1.807, 2.05) is 26.8 Å². The summed E-state index contributed by atoms with van der Waals surface area (Å²) in [6.45, 7) is 6.24. The van der Waals surface area contributed by atoms with E-state index in [2.05, 4.69) is 10.3 Å². The predicted octanol–water partition coefficient (Wildman–Crippen LogP) is 3.20. The number of hydrogen-bond donors (Lipinski definition) is 1. The van der Waals surface area contributed by atoms with Crippen LogP contribution in [0.15, 0.2) is 36.4 Å². The van der Waals surface area contributed by atoms with E-state index in [0.29, 0.717) is 18.7 Å². The summed E-state index contributed by atoms with van der Waals surface area (Å²) in [7, 11) is -3.18. The molecular formula is C20H23N3O3S. The SMILES string of the molecule is Cc1cc(C)c(NC(=O)/C=C/c2ccc(N3CCCS3(=O)=O)cc2)c(C)n1. The summed E-state index contributed by atoms with van der Waals surface area (Å²) in [4.78, 5) is 16.6. The Morgan fingerprint density at radius 3 is 2.48 bits per heavy atom. The molecule has 1 aliphatic heterocycles. The number of hydrogen-bond acceptors (Lipinski definition) is 4. The van der Waals surface area contributed by atoms with Crippen molar-refractivity contribution in [1.29, 1.82) is 0 Å². The van der Waals surface area contributed by atoms with Crippen molar-refractivity contribution in [1.82, 2.24) is 4.98 Å². The van der Waals surface area contributed by atoms with Crippen molar-refractivity contribution in [2.45, 2.75) is 27.2 Å². The number of rotatable bonds is 4. The quantitative estimate of drug-likeness (QED) is 0.820. The Bertz CT molecular complexity index is 973. The maximum Gasteiger partial charge on any atom is 0.248 e. The fourth-order valence-electron chi connectivity index (χ4n) is 3.23. The van der Waals surface area contributed by atoms with Crippen LogP contribution in [-0.2, 0) is 14.8 Å². The lowest BCUT2D eigenvalue weighted by Gasteiger charge is -2.16. The van der Waals surface area contributed by atoms with Crippen molar-refractivity contribution in [2.75, 3.05) is 21.9 Å². The van der Waals surface area contributed by atoms with Crippen LogP contribution >= 0.6 is 0 Å². The summed E-state index contributed by atoms with van der Waals surface area (Å²) in [6.07, 6.45) is 3.81. The highest BCUT2D eigenvalue weighted by atomic mass is 32.2. The molecule has 0 saturated carbocycles. The number of sulfonamides is 1. The summed E-state index contributed by atoms with van der Waals surface area (Å²) >= 11 is 0. The van der Waals surface area contributed by atoms with Gasteiger partial charge in [-0.05, 0) is 62.6 Å². The molecule has 1 N–H and O–H groups in total. The van der Waals surface area contributed by atoms with Crippen LogP contribution in [0.25, 0.3) is 6.08 Å². The zero-order chi connectivity index (χ0) is 19.6. The molecular weight excluding hydrogens is 362 g/mol. The van der Waals surface area contributed by atoms with Crippen LogP contribution in [0.1, 0.15) is 28.9 Å². The molecule has 6 nitrogen and oxygen atoms in total. The molecule has 3 rings (SSSR count). The standard InChI is InChI=1S/C20H23N3O3S/c1-14-13-15(2)21-16(3)20(14)22-19(24)10-7-17-5-8-18(9-6-17)23-11-4-12-27(23,25)26/h5-10,13H,4,11-12H2,1-3H3,(H,22,24)/b10-7+. The van der Waals surface area contributed by atoms with E-state index in [1.54, 1.807) is 30.3 Å². The lowest BCUT2D eigenvalue weighted by Crippen LogP contribution is -2.24. The van der Waals surface area contributed by atoms with Crippen LogP contribution in [0.5, 0.6) is 0 Å². The summed E-state index contributed by atoms with van der Waals surface area (Å²) in [5.41, 5.74) is 4.87. The highest BCUT2D eigenvalue weighted by molar-refractivity contribution is 7.93. The maximum absolute atomic E-state index is 12.2. The fourth-order valence-corrected chi connectivity index (χ4v) is 4.80. The van der Waals surface area contributed by atoms with Crippen molar-refractivity contribution in [3.63, 3.8) is 0 Å². The van der Waals surface area contributed by atoms with Gasteiger partial charge in [0.05, 0.1) is 22.8 Å². The molecule has 1 aromatic heterocycles. The third-order valence-corrected chi connectivity index (χ3v) is 6.35. The first-order valence-corrected chi connectivity index (χ1v) is 10.4. The Balaban J connectivity index is 1.68. The van der Waals surface area contributed by atoms with Crippen LogP contribution in [-0.4, -0.2) is 31.6 Å². The second-order valence-corrected chi connectivity index (χ2v) is 8.71. The van der Waals surface area contributed by atoms with Gasteiger partial charge in [0, 0.05) is 18.3 Å². The number of aromatic nitrogens is 1. The average Bonchev–Trinajstić information content (AvgIpc) is 2.96. The molecule has 142 valence electrons. The third kappa shape index (κ3) is 4.36. The highest BCUT2D eigenvalue weighted by Crippen LogP contribution is 2.24. The van der Waals surface area contributed by atoms with E-state index < -0.39 is 10.0 Å². The van der Waals surface area contributed by atoms with E-state index in [-0.39, 0.29) is 11.7 Å². The molecule has 7 heteroatoms. The Kier molecular flexibility index (Phi) is 5.32. The molecule has 1 aromatic carbocycles. The number of benzene rings is 1. The van der Waals surface area contributed by atoms with Gasteiger partial charge < -0.3 is 5.32 Å². The van der Waals surface area contributed by atoms with Crippen LogP contribution in [0, 0.1) is 20.8 Å². The van der Waals surface area contributed by atoms with Gasteiger partial charge in [-0.3, -0.25) is 14.1 Å². The van der Waals surface area contributed by atoms with Crippen LogP contribution in [0.2, 0.25) is 0 Å². The fraction of sp³-hybridized carbons (Fsp3) is 0.300. The van der Waals surface area contributed by atoms with Crippen molar-refractivity contribution in [3.8, 4) is 0 Å². The number of pyridine rings is 1. The number of nitrogens with one attached hydrogen (secondary N) is 1. The topological polar surface area (TPSA) is 79.4 Å². The first-order valence-electron chi connectivity index (χ1n) is 8.81. The zero-order valence-corrected chi connectivity index (χ0v) is 16.5. The molecule has 0 bridgehead atoms. The van der Waals surface area contributed by atoms with Crippen molar-refractivity contribution in [2.24, 2.45) is 0 Å². The molecule has 0 radical (unpaired) electrons. The van der Waals surface area contributed by atoms with Gasteiger partial charge in [0.25, 0.3) is 0 Å². The number of anilines is 2. The Morgan fingerprint density at radius 2 is 1.89 bits per heavy atom. The van der Waals surface area contributed by atoms with Gasteiger partial charge in [0.15, 0.2) is 0 Å². The van der Waals surface area contributed by atoms with E-state index in [0.717, 1.165) is 28.2 Å². The number of aryl methyl sites for hydroxylation is 3. The molecule has 0 atom stereocenters. The summed E-state index contributed by atoms with van der Waals surface area (Å²) in [5, 5.41) is 2.87. The predicted molar refractivity (Wildman–Crippen MR) is 108 cm³/mol. The van der Waals surface area contributed by atoms with Crippen molar-refractivity contribution in [3.05, 3.63) is 58.9 Å².